The Morgan fingerprint density at radius 2 is 1.46 bits per heavy atom. The van der Waals surface area contributed by atoms with Crippen LogP contribution in [0, 0.1) is 6.92 Å². The van der Waals surface area contributed by atoms with E-state index < -0.39 is 11.8 Å². The van der Waals surface area contributed by atoms with Crippen LogP contribution in [0.1, 0.15) is 50.0 Å². The molecule has 0 heterocycles. The van der Waals surface area contributed by atoms with Crippen LogP contribution in [0.3, 0.4) is 0 Å². The number of hydrogen-bond donors (Lipinski definition) is 4. The van der Waals surface area contributed by atoms with E-state index in [0.717, 1.165) is 12.0 Å². The van der Waals surface area contributed by atoms with Gasteiger partial charge in [-0.3, -0.25) is 30.6 Å². The van der Waals surface area contributed by atoms with E-state index in [0.29, 0.717) is 34.7 Å². The van der Waals surface area contributed by atoms with Crippen LogP contribution in [0.15, 0.2) is 72.8 Å². The van der Waals surface area contributed by atoms with Crippen molar-refractivity contribution < 1.29 is 19.1 Å². The second-order valence-electron chi connectivity index (χ2n) is 7.64. The molecule has 0 aliphatic rings. The monoisotopic (exact) mass is 490 g/mol. The number of benzene rings is 3. The van der Waals surface area contributed by atoms with E-state index in [4.69, 9.17) is 17.0 Å². The molecule has 0 atom stereocenters. The van der Waals surface area contributed by atoms with E-state index in [2.05, 4.69) is 21.5 Å². The van der Waals surface area contributed by atoms with Gasteiger partial charge in [0.1, 0.15) is 5.75 Å². The minimum atomic E-state index is -0.462. The van der Waals surface area contributed by atoms with Crippen LogP contribution >= 0.6 is 12.2 Å². The normalized spacial score (nSPS) is 10.1. The van der Waals surface area contributed by atoms with Gasteiger partial charge >= 0.3 is 0 Å². The van der Waals surface area contributed by atoms with Gasteiger partial charge in [0.15, 0.2) is 5.11 Å². The van der Waals surface area contributed by atoms with Crippen molar-refractivity contribution in [2.75, 3.05) is 11.9 Å². The zero-order valence-corrected chi connectivity index (χ0v) is 20.2. The van der Waals surface area contributed by atoms with Gasteiger partial charge in [0.2, 0.25) is 0 Å². The summed E-state index contributed by atoms with van der Waals surface area (Å²) in [5.74, 6) is -0.447. The highest BCUT2D eigenvalue weighted by Crippen LogP contribution is 2.13. The SMILES string of the molecule is CCCOc1ccc(C(=O)NC(=S)NNC(=O)c2ccc(NC(=O)c3cccc(C)c3)cc2)cc1. The lowest BCUT2D eigenvalue weighted by molar-refractivity contribution is 0.0934. The first-order valence-electron chi connectivity index (χ1n) is 11.0. The van der Waals surface area contributed by atoms with Crippen molar-refractivity contribution in [2.45, 2.75) is 20.3 Å². The third-order valence-corrected chi connectivity index (χ3v) is 5.00. The highest BCUT2D eigenvalue weighted by Gasteiger charge is 2.11. The topological polar surface area (TPSA) is 109 Å². The van der Waals surface area contributed by atoms with E-state index in [1.54, 1.807) is 60.7 Å². The number of amides is 3. The lowest BCUT2D eigenvalue weighted by Crippen LogP contribution is -2.48. The highest BCUT2D eigenvalue weighted by molar-refractivity contribution is 7.80. The van der Waals surface area contributed by atoms with Crippen LogP contribution in [0.5, 0.6) is 5.75 Å². The number of ether oxygens (including phenoxy) is 1. The maximum absolute atomic E-state index is 12.4. The van der Waals surface area contributed by atoms with Gasteiger partial charge in [0.25, 0.3) is 17.7 Å². The first-order chi connectivity index (χ1) is 16.9. The Balaban J connectivity index is 1.46. The predicted octanol–water partition coefficient (Wildman–Crippen LogP) is 3.99. The molecule has 0 aromatic heterocycles. The molecule has 3 rings (SSSR count). The molecule has 0 spiro atoms. The summed E-state index contributed by atoms with van der Waals surface area (Å²) in [5.41, 5.74) is 7.75. The maximum atomic E-state index is 12.4. The fourth-order valence-electron chi connectivity index (χ4n) is 3.01. The van der Waals surface area contributed by atoms with E-state index >= 15 is 0 Å². The third kappa shape index (κ3) is 7.65. The zero-order chi connectivity index (χ0) is 25.2. The van der Waals surface area contributed by atoms with Gasteiger partial charge in [-0.2, -0.15) is 0 Å². The Morgan fingerprint density at radius 1 is 0.800 bits per heavy atom. The summed E-state index contributed by atoms with van der Waals surface area (Å²) in [5, 5.41) is 5.23. The Morgan fingerprint density at radius 3 is 2.11 bits per heavy atom. The average Bonchev–Trinajstić information content (AvgIpc) is 2.86. The molecular weight excluding hydrogens is 464 g/mol. The van der Waals surface area contributed by atoms with E-state index in [1.807, 2.05) is 26.0 Å². The van der Waals surface area contributed by atoms with Crippen molar-refractivity contribution in [2.24, 2.45) is 0 Å². The van der Waals surface area contributed by atoms with Gasteiger partial charge in [0, 0.05) is 22.4 Å². The van der Waals surface area contributed by atoms with Crippen LogP contribution in [0.25, 0.3) is 0 Å². The summed E-state index contributed by atoms with van der Waals surface area (Å²) in [6, 6.07) is 20.3. The molecule has 0 aliphatic heterocycles. The molecule has 3 aromatic carbocycles. The van der Waals surface area contributed by atoms with Crippen LogP contribution in [0.2, 0.25) is 0 Å². The molecule has 3 aromatic rings. The first-order valence-corrected chi connectivity index (χ1v) is 11.4. The number of nitrogens with one attached hydrogen (secondary N) is 4. The van der Waals surface area contributed by atoms with Gasteiger partial charge in [-0.1, -0.05) is 24.6 Å². The van der Waals surface area contributed by atoms with Crippen molar-refractivity contribution in [1.82, 2.24) is 16.2 Å². The van der Waals surface area contributed by atoms with E-state index in [-0.39, 0.29) is 11.0 Å². The molecule has 35 heavy (non-hydrogen) atoms. The van der Waals surface area contributed by atoms with Crippen molar-refractivity contribution in [3.05, 3.63) is 95.1 Å². The zero-order valence-electron chi connectivity index (χ0n) is 19.4. The standard InChI is InChI=1S/C26H26N4O4S/c1-3-15-34-22-13-9-18(10-14-22)23(31)28-26(35)30-29-25(33)19-7-11-21(12-8-19)27-24(32)20-6-4-5-17(2)16-20/h4-14,16H,3,15H2,1-2H3,(H,27,32)(H,29,33)(H2,28,30,31,35). The minimum Gasteiger partial charge on any atom is -0.494 e. The minimum absolute atomic E-state index is 0.0586. The smallest absolute Gasteiger partial charge is 0.269 e. The van der Waals surface area contributed by atoms with Crippen molar-refractivity contribution in [3.8, 4) is 5.75 Å². The summed E-state index contributed by atoms with van der Waals surface area (Å²) in [4.78, 5) is 37.0. The predicted molar refractivity (Wildman–Crippen MR) is 138 cm³/mol. The molecule has 4 N–H and O–H groups in total. The molecule has 8 nitrogen and oxygen atoms in total. The number of hydrazine groups is 1. The first kappa shape index (κ1) is 25.4. The Bertz CT molecular complexity index is 1210. The van der Waals surface area contributed by atoms with Gasteiger partial charge in [-0.05, 0) is 86.2 Å². The molecule has 0 saturated carbocycles. The molecule has 3 amide bonds. The van der Waals surface area contributed by atoms with Crippen LogP contribution in [0.4, 0.5) is 5.69 Å². The van der Waals surface area contributed by atoms with Gasteiger partial charge in [-0.15, -0.1) is 0 Å². The Kier molecular flexibility index (Phi) is 8.91. The quantitative estimate of drug-likeness (QED) is 0.295. The summed E-state index contributed by atoms with van der Waals surface area (Å²) < 4.78 is 5.49. The largest absolute Gasteiger partial charge is 0.494 e. The lowest BCUT2D eigenvalue weighted by Gasteiger charge is -2.12. The second kappa shape index (κ2) is 12.3. The molecule has 0 fully saturated rings. The van der Waals surface area contributed by atoms with E-state index in [9.17, 15) is 14.4 Å². The number of rotatable bonds is 7. The second-order valence-corrected chi connectivity index (χ2v) is 8.04. The number of hydrogen-bond acceptors (Lipinski definition) is 5. The molecule has 0 aliphatic carbocycles. The Labute approximate surface area is 209 Å². The van der Waals surface area contributed by atoms with Gasteiger partial charge in [-0.25, -0.2) is 0 Å². The molecule has 0 saturated heterocycles. The average molecular weight is 491 g/mol. The number of carbonyl (C=O) groups excluding carboxylic acids is 3. The molecule has 180 valence electrons. The fraction of sp³-hybridized carbons (Fsp3) is 0.154. The van der Waals surface area contributed by atoms with Gasteiger partial charge < -0.3 is 10.1 Å². The highest BCUT2D eigenvalue weighted by atomic mass is 32.1. The van der Waals surface area contributed by atoms with Crippen LogP contribution in [-0.2, 0) is 0 Å². The maximum Gasteiger partial charge on any atom is 0.269 e. The molecule has 0 bridgehead atoms. The number of carbonyl (C=O) groups is 3. The van der Waals surface area contributed by atoms with Crippen LogP contribution < -0.4 is 26.2 Å². The fourth-order valence-corrected chi connectivity index (χ4v) is 3.15. The van der Waals surface area contributed by atoms with Crippen molar-refractivity contribution >= 4 is 40.7 Å². The number of anilines is 1. The number of aryl methyl sites for hydroxylation is 1. The molecule has 0 unspecified atom stereocenters. The Hall–Kier alpha value is -4.24. The third-order valence-electron chi connectivity index (χ3n) is 4.79. The lowest BCUT2D eigenvalue weighted by atomic mass is 10.1. The molecule has 9 heteroatoms. The van der Waals surface area contributed by atoms with Crippen molar-refractivity contribution in [3.63, 3.8) is 0 Å². The van der Waals surface area contributed by atoms with E-state index in [1.165, 1.54) is 0 Å². The van der Waals surface area contributed by atoms with Crippen LogP contribution in [-0.4, -0.2) is 29.4 Å². The van der Waals surface area contributed by atoms with Gasteiger partial charge in [0.05, 0.1) is 6.61 Å². The molecule has 0 radical (unpaired) electrons. The summed E-state index contributed by atoms with van der Waals surface area (Å²) >= 11 is 5.08. The van der Waals surface area contributed by atoms with Crippen molar-refractivity contribution in [1.29, 1.82) is 0 Å². The molecular formula is C26H26N4O4S. The summed E-state index contributed by atoms with van der Waals surface area (Å²) in [7, 11) is 0. The summed E-state index contributed by atoms with van der Waals surface area (Å²) in [6.45, 7) is 4.53. The number of thiocarbonyl (C=S) groups is 1. The summed E-state index contributed by atoms with van der Waals surface area (Å²) in [6.07, 6.45) is 0.891.